The second-order valence-corrected chi connectivity index (χ2v) is 7.06. The molecule has 4 aliphatic heterocycles. The second-order valence-electron chi connectivity index (χ2n) is 5.64. The van der Waals surface area contributed by atoms with E-state index in [-0.39, 0.29) is 12.3 Å². The topological polar surface area (TPSA) is 63.7 Å². The van der Waals surface area contributed by atoms with Crippen molar-refractivity contribution in [2.24, 2.45) is 11.3 Å². The summed E-state index contributed by atoms with van der Waals surface area (Å²) in [5.74, 6) is -0.804. The van der Waals surface area contributed by atoms with Crippen molar-refractivity contribution in [2.75, 3.05) is 25.4 Å². The molecule has 0 aromatic heterocycles. The highest BCUT2D eigenvalue weighted by atomic mass is 32.3. The Bertz CT molecular complexity index is 471. The average Bonchev–Trinajstić information content (AvgIpc) is 2.54. The molecule has 18 heavy (non-hydrogen) atoms. The smallest absolute Gasteiger partial charge is 0.306 e. The summed E-state index contributed by atoms with van der Waals surface area (Å²) in [6.07, 6.45) is 1.31. The highest BCUT2D eigenvalue weighted by molar-refractivity contribution is 7.86. The Morgan fingerprint density at radius 3 is 2.56 bits per heavy atom. The largest absolute Gasteiger partial charge is 0.460 e. The number of piperidine rings is 3. The molecular weight excluding hydrogens is 261 g/mol. The molecule has 102 valence electrons. The van der Waals surface area contributed by atoms with Crippen LogP contribution in [0.4, 0.5) is 3.89 Å². The third-order valence-corrected chi connectivity index (χ3v) is 5.36. The molecule has 0 radical (unpaired) electrons. The highest BCUT2D eigenvalue weighted by Gasteiger charge is 2.58. The van der Waals surface area contributed by atoms with Gasteiger partial charge in [0.25, 0.3) is 0 Å². The first-order valence-corrected chi connectivity index (χ1v) is 7.78. The number of nitrogens with zero attached hydrogens (tertiary/aromatic N) is 1. The summed E-state index contributed by atoms with van der Waals surface area (Å²) < 4.78 is 39.7. The molecule has 4 saturated heterocycles. The van der Waals surface area contributed by atoms with E-state index in [2.05, 4.69) is 4.90 Å². The number of fused-ring (bicyclic) bond motifs is 2. The molecule has 0 N–H and O–H groups in total. The number of carbonyl (C=O) groups is 1. The van der Waals surface area contributed by atoms with Gasteiger partial charge in [0, 0.05) is 12.0 Å². The Morgan fingerprint density at radius 1 is 1.39 bits per heavy atom. The summed E-state index contributed by atoms with van der Waals surface area (Å²) in [6.45, 7) is 2.62. The predicted octanol–water partition coefficient (Wildman–Crippen LogP) is 0.313. The number of cyclic esters (lactones) is 1. The molecule has 2 atom stereocenters. The lowest BCUT2D eigenvalue weighted by atomic mass is 9.63. The summed E-state index contributed by atoms with van der Waals surface area (Å²) in [5.41, 5.74) is -0.479. The summed E-state index contributed by atoms with van der Waals surface area (Å²) in [4.78, 5) is 13.8. The van der Waals surface area contributed by atoms with Gasteiger partial charge >= 0.3 is 16.2 Å². The number of hydrogen-bond donors (Lipinski definition) is 0. The van der Waals surface area contributed by atoms with Crippen molar-refractivity contribution < 1.29 is 21.8 Å². The monoisotopic (exact) mass is 277 g/mol. The zero-order chi connectivity index (χ0) is 13.0. The van der Waals surface area contributed by atoms with Gasteiger partial charge in [0.05, 0.1) is 6.42 Å². The van der Waals surface area contributed by atoms with Crippen LogP contribution in [0.5, 0.6) is 0 Å². The number of halogens is 1. The quantitative estimate of drug-likeness (QED) is 0.537. The van der Waals surface area contributed by atoms with Crippen LogP contribution >= 0.6 is 0 Å². The number of rotatable bonds is 2. The van der Waals surface area contributed by atoms with E-state index >= 15 is 0 Å². The van der Waals surface area contributed by atoms with Gasteiger partial charge < -0.3 is 9.64 Å². The van der Waals surface area contributed by atoms with Gasteiger partial charge in [-0.05, 0) is 31.8 Å². The maximum atomic E-state index is 12.9. The van der Waals surface area contributed by atoms with Gasteiger partial charge in [-0.25, -0.2) is 0 Å². The Kier molecular flexibility index (Phi) is 2.68. The molecular formula is C11H16FNO4S. The summed E-state index contributed by atoms with van der Waals surface area (Å²) in [6, 6.07) is 0. The minimum Gasteiger partial charge on any atom is -0.460 e. The standard InChI is InChI=1S/C11H16FNO4S/c12-18(15,16)6-9-11(5-10(14)17-9)7-13-3-1-8(11)2-4-13/h8-9H,1-7H2. The van der Waals surface area contributed by atoms with E-state index in [4.69, 9.17) is 4.74 Å². The van der Waals surface area contributed by atoms with Crippen LogP contribution in [0.15, 0.2) is 0 Å². The number of esters is 1. The predicted molar refractivity (Wildman–Crippen MR) is 61.0 cm³/mol. The normalized spacial score (nSPS) is 43.4. The zero-order valence-electron chi connectivity index (χ0n) is 9.97. The van der Waals surface area contributed by atoms with Crippen molar-refractivity contribution in [3.63, 3.8) is 0 Å². The highest BCUT2D eigenvalue weighted by Crippen LogP contribution is 2.51. The first-order chi connectivity index (χ1) is 8.39. The van der Waals surface area contributed by atoms with Crippen LogP contribution in [0, 0.1) is 11.3 Å². The first-order valence-electron chi connectivity index (χ1n) is 6.23. The molecule has 0 aliphatic carbocycles. The lowest BCUT2D eigenvalue weighted by Crippen LogP contribution is -2.58. The molecule has 4 fully saturated rings. The summed E-state index contributed by atoms with van der Waals surface area (Å²) in [5, 5.41) is 0. The van der Waals surface area contributed by atoms with Crippen molar-refractivity contribution in [3.05, 3.63) is 0 Å². The maximum Gasteiger partial charge on any atom is 0.306 e. The van der Waals surface area contributed by atoms with Crippen molar-refractivity contribution in [3.8, 4) is 0 Å². The molecule has 7 heteroatoms. The maximum absolute atomic E-state index is 12.9. The minimum absolute atomic E-state index is 0.231. The Labute approximate surface area is 105 Å². The van der Waals surface area contributed by atoms with Crippen LogP contribution in [0.2, 0.25) is 0 Å². The van der Waals surface area contributed by atoms with Gasteiger partial charge in [-0.15, -0.1) is 3.89 Å². The lowest BCUT2D eigenvalue weighted by Gasteiger charge is -2.52. The van der Waals surface area contributed by atoms with Gasteiger partial charge in [-0.3, -0.25) is 4.79 Å². The minimum atomic E-state index is -4.62. The van der Waals surface area contributed by atoms with Gasteiger partial charge in [0.2, 0.25) is 0 Å². The van der Waals surface area contributed by atoms with E-state index in [0.717, 1.165) is 25.9 Å². The molecule has 2 bridgehead atoms. The van der Waals surface area contributed by atoms with Gasteiger partial charge in [0.1, 0.15) is 11.9 Å². The number of hydrogen-bond acceptors (Lipinski definition) is 5. The Morgan fingerprint density at radius 2 is 2.06 bits per heavy atom. The molecule has 4 rings (SSSR count). The van der Waals surface area contributed by atoms with Crippen LogP contribution in [-0.4, -0.2) is 50.8 Å². The van der Waals surface area contributed by atoms with E-state index < -0.39 is 33.5 Å². The van der Waals surface area contributed by atoms with Crippen LogP contribution in [0.25, 0.3) is 0 Å². The average molecular weight is 277 g/mol. The van der Waals surface area contributed by atoms with E-state index in [0.29, 0.717) is 6.54 Å². The third-order valence-electron chi connectivity index (χ3n) is 4.66. The molecule has 0 aromatic rings. The molecule has 5 nitrogen and oxygen atoms in total. The van der Waals surface area contributed by atoms with E-state index in [1.165, 1.54) is 0 Å². The SMILES string of the molecule is O=C1CC2(CN3CCC2CC3)C(CS(=O)(=O)F)O1. The van der Waals surface area contributed by atoms with E-state index in [1.54, 1.807) is 0 Å². The second kappa shape index (κ2) is 3.90. The first kappa shape index (κ1) is 12.3. The Balaban J connectivity index is 1.91. The molecule has 4 heterocycles. The lowest BCUT2D eigenvalue weighted by molar-refractivity contribution is -0.141. The molecule has 0 amide bonds. The van der Waals surface area contributed by atoms with Crippen LogP contribution < -0.4 is 0 Å². The van der Waals surface area contributed by atoms with Crippen molar-refractivity contribution in [1.29, 1.82) is 0 Å². The van der Waals surface area contributed by atoms with Gasteiger partial charge in [0.15, 0.2) is 0 Å². The molecule has 0 aromatic carbocycles. The molecule has 1 spiro atoms. The van der Waals surface area contributed by atoms with Crippen molar-refractivity contribution in [2.45, 2.75) is 25.4 Å². The van der Waals surface area contributed by atoms with Crippen LogP contribution in [-0.2, 0) is 19.8 Å². The van der Waals surface area contributed by atoms with Gasteiger partial charge in [-0.2, -0.15) is 8.42 Å². The summed E-state index contributed by atoms with van der Waals surface area (Å²) >= 11 is 0. The van der Waals surface area contributed by atoms with E-state index in [1.807, 2.05) is 0 Å². The number of carbonyl (C=O) groups excluding carboxylic acids is 1. The van der Waals surface area contributed by atoms with E-state index in [9.17, 15) is 17.1 Å². The molecule has 4 aliphatic rings. The van der Waals surface area contributed by atoms with Gasteiger partial charge in [-0.1, -0.05) is 0 Å². The van der Waals surface area contributed by atoms with Crippen LogP contribution in [0.1, 0.15) is 19.3 Å². The molecule has 2 unspecified atom stereocenters. The fraction of sp³-hybridized carbons (Fsp3) is 0.909. The fourth-order valence-corrected chi connectivity index (χ4v) is 4.62. The summed E-state index contributed by atoms with van der Waals surface area (Å²) in [7, 11) is -4.62. The molecule has 0 saturated carbocycles. The van der Waals surface area contributed by atoms with Crippen molar-refractivity contribution >= 4 is 16.2 Å². The fourth-order valence-electron chi connectivity index (χ4n) is 3.86. The van der Waals surface area contributed by atoms with Crippen molar-refractivity contribution in [1.82, 2.24) is 4.90 Å². The zero-order valence-corrected chi connectivity index (χ0v) is 10.8. The van der Waals surface area contributed by atoms with Crippen LogP contribution in [0.3, 0.4) is 0 Å². The Hall–Kier alpha value is -0.690. The number of ether oxygens (including phenoxy) is 1. The third kappa shape index (κ3) is 1.93.